The van der Waals surface area contributed by atoms with Crippen LogP contribution >= 0.6 is 0 Å². The van der Waals surface area contributed by atoms with E-state index in [1.165, 1.54) is 12.1 Å². The standard InChI is InChI=1S/C22H24FN5/c1-14-12-20(21(26-18-10-11-18)16-4-6-17(23)7-5-16)28-22(25-14)27-19-8-2-15(13-24)3-9-19/h2-9,12,18,21,26H,10-11,13,24H2,1H3,(H,25,27,28). The van der Waals surface area contributed by atoms with Crippen LogP contribution < -0.4 is 16.4 Å². The molecule has 1 aromatic heterocycles. The van der Waals surface area contributed by atoms with Crippen molar-refractivity contribution in [3.8, 4) is 0 Å². The molecule has 0 saturated heterocycles. The van der Waals surface area contributed by atoms with Gasteiger partial charge in [-0.25, -0.2) is 14.4 Å². The highest BCUT2D eigenvalue weighted by Gasteiger charge is 2.27. The summed E-state index contributed by atoms with van der Waals surface area (Å²) in [5.41, 5.74) is 10.4. The van der Waals surface area contributed by atoms with E-state index in [0.717, 1.165) is 41.0 Å². The summed E-state index contributed by atoms with van der Waals surface area (Å²) in [4.78, 5) is 9.27. The van der Waals surface area contributed by atoms with Crippen LogP contribution in [-0.4, -0.2) is 16.0 Å². The summed E-state index contributed by atoms with van der Waals surface area (Å²) < 4.78 is 13.4. The molecule has 1 saturated carbocycles. The van der Waals surface area contributed by atoms with E-state index < -0.39 is 0 Å². The zero-order chi connectivity index (χ0) is 19.5. The van der Waals surface area contributed by atoms with E-state index in [2.05, 4.69) is 15.6 Å². The van der Waals surface area contributed by atoms with Gasteiger partial charge in [0.1, 0.15) is 5.82 Å². The first kappa shape index (κ1) is 18.5. The molecule has 0 spiro atoms. The van der Waals surface area contributed by atoms with Crippen LogP contribution in [0.3, 0.4) is 0 Å². The monoisotopic (exact) mass is 377 g/mol. The number of rotatable bonds is 7. The molecule has 1 heterocycles. The Bertz CT molecular complexity index is 936. The first-order valence-corrected chi connectivity index (χ1v) is 9.54. The molecule has 144 valence electrons. The Kier molecular flexibility index (Phi) is 5.32. The highest BCUT2D eigenvalue weighted by atomic mass is 19.1. The second-order valence-corrected chi connectivity index (χ2v) is 7.21. The average Bonchev–Trinajstić information content (AvgIpc) is 3.51. The Morgan fingerprint density at radius 3 is 2.43 bits per heavy atom. The predicted octanol–water partition coefficient (Wildman–Crippen LogP) is 3.97. The minimum absolute atomic E-state index is 0.102. The number of benzene rings is 2. The van der Waals surface area contributed by atoms with Crippen molar-refractivity contribution in [3.05, 3.63) is 82.9 Å². The summed E-state index contributed by atoms with van der Waals surface area (Å²) in [5.74, 6) is 0.302. The Labute approximate surface area is 164 Å². The lowest BCUT2D eigenvalue weighted by Crippen LogP contribution is -2.26. The molecule has 0 radical (unpaired) electrons. The van der Waals surface area contributed by atoms with Gasteiger partial charge in [-0.05, 0) is 61.2 Å². The first-order chi connectivity index (χ1) is 13.6. The van der Waals surface area contributed by atoms with E-state index in [4.69, 9.17) is 10.7 Å². The lowest BCUT2D eigenvalue weighted by atomic mass is 10.0. The molecule has 1 unspecified atom stereocenters. The molecular formula is C22H24FN5. The Hall–Kier alpha value is -2.83. The van der Waals surface area contributed by atoms with Gasteiger partial charge in [-0.3, -0.25) is 0 Å². The summed E-state index contributed by atoms with van der Waals surface area (Å²) in [6, 6.07) is 16.8. The van der Waals surface area contributed by atoms with Crippen LogP contribution in [0.15, 0.2) is 54.6 Å². The summed E-state index contributed by atoms with van der Waals surface area (Å²) in [6.45, 7) is 2.46. The van der Waals surface area contributed by atoms with Gasteiger partial charge < -0.3 is 16.4 Å². The number of aryl methyl sites for hydroxylation is 1. The van der Waals surface area contributed by atoms with E-state index >= 15 is 0 Å². The number of nitrogens with one attached hydrogen (secondary N) is 2. The van der Waals surface area contributed by atoms with Crippen molar-refractivity contribution in [2.24, 2.45) is 5.73 Å². The number of hydrogen-bond acceptors (Lipinski definition) is 5. The van der Waals surface area contributed by atoms with E-state index in [1.807, 2.05) is 49.4 Å². The first-order valence-electron chi connectivity index (χ1n) is 9.54. The second kappa shape index (κ2) is 8.04. The van der Waals surface area contributed by atoms with E-state index in [1.54, 1.807) is 0 Å². The van der Waals surface area contributed by atoms with Gasteiger partial charge in [0, 0.05) is 24.0 Å². The molecule has 1 atom stereocenters. The van der Waals surface area contributed by atoms with E-state index in [9.17, 15) is 4.39 Å². The lowest BCUT2D eigenvalue weighted by molar-refractivity contribution is 0.582. The molecule has 3 aromatic rings. The van der Waals surface area contributed by atoms with Gasteiger partial charge in [0.2, 0.25) is 5.95 Å². The Balaban J connectivity index is 1.63. The maximum atomic E-state index is 13.4. The molecular weight excluding hydrogens is 353 g/mol. The van der Waals surface area contributed by atoms with Gasteiger partial charge in [0.15, 0.2) is 0 Å². The van der Waals surface area contributed by atoms with Crippen LogP contribution in [0.25, 0.3) is 0 Å². The zero-order valence-electron chi connectivity index (χ0n) is 15.8. The van der Waals surface area contributed by atoms with Crippen molar-refractivity contribution in [1.82, 2.24) is 15.3 Å². The number of aromatic nitrogens is 2. The van der Waals surface area contributed by atoms with Crippen LogP contribution in [0, 0.1) is 12.7 Å². The highest BCUT2D eigenvalue weighted by molar-refractivity contribution is 5.54. The molecule has 1 aliphatic rings. The van der Waals surface area contributed by atoms with Crippen LogP contribution in [0.2, 0.25) is 0 Å². The van der Waals surface area contributed by atoms with Crippen molar-refractivity contribution in [3.63, 3.8) is 0 Å². The van der Waals surface area contributed by atoms with Crippen molar-refractivity contribution >= 4 is 11.6 Å². The van der Waals surface area contributed by atoms with Crippen LogP contribution in [0.1, 0.15) is 41.4 Å². The number of nitrogens with two attached hydrogens (primary N) is 1. The number of hydrogen-bond donors (Lipinski definition) is 3. The largest absolute Gasteiger partial charge is 0.326 e. The van der Waals surface area contributed by atoms with Crippen molar-refractivity contribution in [2.45, 2.75) is 38.4 Å². The Morgan fingerprint density at radius 2 is 1.79 bits per heavy atom. The quantitative estimate of drug-likeness (QED) is 0.581. The van der Waals surface area contributed by atoms with Gasteiger partial charge in [-0.2, -0.15) is 0 Å². The summed E-state index contributed by atoms with van der Waals surface area (Å²) >= 11 is 0. The van der Waals surface area contributed by atoms with E-state index in [-0.39, 0.29) is 11.9 Å². The van der Waals surface area contributed by atoms with Crippen molar-refractivity contribution in [1.29, 1.82) is 0 Å². The molecule has 5 nitrogen and oxygen atoms in total. The van der Waals surface area contributed by atoms with Crippen LogP contribution in [0.5, 0.6) is 0 Å². The summed E-state index contributed by atoms with van der Waals surface area (Å²) in [7, 11) is 0. The molecule has 0 aliphatic heterocycles. The number of anilines is 2. The molecule has 0 bridgehead atoms. The van der Waals surface area contributed by atoms with Crippen molar-refractivity contribution < 1.29 is 4.39 Å². The fourth-order valence-electron chi connectivity index (χ4n) is 3.14. The smallest absolute Gasteiger partial charge is 0.227 e. The maximum absolute atomic E-state index is 13.4. The second-order valence-electron chi connectivity index (χ2n) is 7.21. The normalized spacial score (nSPS) is 14.7. The minimum Gasteiger partial charge on any atom is -0.326 e. The number of nitrogens with zero attached hydrogens (tertiary/aromatic N) is 2. The molecule has 4 rings (SSSR count). The van der Waals surface area contributed by atoms with Gasteiger partial charge in [-0.1, -0.05) is 24.3 Å². The molecule has 28 heavy (non-hydrogen) atoms. The summed E-state index contributed by atoms with van der Waals surface area (Å²) in [5, 5.41) is 6.89. The Morgan fingerprint density at radius 1 is 1.07 bits per heavy atom. The third-order valence-corrected chi connectivity index (χ3v) is 4.80. The van der Waals surface area contributed by atoms with Crippen LogP contribution in [-0.2, 0) is 6.54 Å². The number of halogens is 1. The average molecular weight is 377 g/mol. The third-order valence-electron chi connectivity index (χ3n) is 4.80. The predicted molar refractivity (Wildman–Crippen MR) is 109 cm³/mol. The molecule has 0 amide bonds. The fourth-order valence-corrected chi connectivity index (χ4v) is 3.14. The maximum Gasteiger partial charge on any atom is 0.227 e. The third kappa shape index (κ3) is 4.52. The highest BCUT2D eigenvalue weighted by Crippen LogP contribution is 2.29. The van der Waals surface area contributed by atoms with Crippen molar-refractivity contribution in [2.75, 3.05) is 5.32 Å². The molecule has 2 aromatic carbocycles. The fraction of sp³-hybridized carbons (Fsp3) is 0.273. The van der Waals surface area contributed by atoms with Gasteiger partial charge in [-0.15, -0.1) is 0 Å². The summed E-state index contributed by atoms with van der Waals surface area (Å²) in [6.07, 6.45) is 2.31. The minimum atomic E-state index is -0.240. The van der Waals surface area contributed by atoms with Crippen LogP contribution in [0.4, 0.5) is 16.0 Å². The topological polar surface area (TPSA) is 75.9 Å². The molecule has 1 fully saturated rings. The zero-order valence-corrected chi connectivity index (χ0v) is 15.8. The molecule has 6 heteroatoms. The van der Waals surface area contributed by atoms with E-state index in [0.29, 0.717) is 18.5 Å². The molecule has 4 N–H and O–H groups in total. The van der Waals surface area contributed by atoms with Gasteiger partial charge >= 0.3 is 0 Å². The SMILES string of the molecule is Cc1cc(C(NC2CC2)c2ccc(F)cc2)nc(Nc2ccc(CN)cc2)n1. The van der Waals surface area contributed by atoms with Gasteiger partial charge in [0.25, 0.3) is 0 Å². The molecule has 1 aliphatic carbocycles. The lowest BCUT2D eigenvalue weighted by Gasteiger charge is -2.20. The van der Waals surface area contributed by atoms with Gasteiger partial charge in [0.05, 0.1) is 11.7 Å².